The molecule has 1 aromatic carbocycles. The van der Waals surface area contributed by atoms with Crippen molar-refractivity contribution in [3.8, 4) is 0 Å². The van der Waals surface area contributed by atoms with Gasteiger partial charge in [0, 0.05) is 19.1 Å². The first-order chi connectivity index (χ1) is 11.5. The Morgan fingerprint density at radius 1 is 1.29 bits per heavy atom. The fourth-order valence-electron chi connectivity index (χ4n) is 3.30. The molecular weight excluding hydrogens is 304 g/mol. The van der Waals surface area contributed by atoms with E-state index in [9.17, 15) is 9.59 Å². The van der Waals surface area contributed by atoms with Gasteiger partial charge in [-0.15, -0.1) is 0 Å². The first kappa shape index (κ1) is 18.3. The lowest BCUT2D eigenvalue weighted by atomic mass is 9.75. The summed E-state index contributed by atoms with van der Waals surface area (Å²) in [5, 5.41) is 2.92. The molecular formula is C19H28N2O3. The predicted molar refractivity (Wildman–Crippen MR) is 93.7 cm³/mol. The average Bonchev–Trinajstić information content (AvgIpc) is 2.55. The molecule has 0 saturated carbocycles. The molecule has 5 nitrogen and oxygen atoms in total. The second-order valence-corrected chi connectivity index (χ2v) is 6.79. The summed E-state index contributed by atoms with van der Waals surface area (Å²) in [6.45, 7) is 7.12. The van der Waals surface area contributed by atoms with Crippen LogP contribution in [0.25, 0.3) is 0 Å². The minimum Gasteiger partial charge on any atom is -0.466 e. The third-order valence-electron chi connectivity index (χ3n) is 4.37. The molecule has 1 atom stereocenters. The summed E-state index contributed by atoms with van der Waals surface area (Å²) in [4.78, 5) is 26.9. The van der Waals surface area contributed by atoms with Gasteiger partial charge in [-0.1, -0.05) is 30.3 Å². The van der Waals surface area contributed by atoms with E-state index in [0.29, 0.717) is 26.1 Å². The van der Waals surface area contributed by atoms with Gasteiger partial charge >= 0.3 is 12.0 Å². The van der Waals surface area contributed by atoms with E-state index < -0.39 is 5.41 Å². The second-order valence-electron chi connectivity index (χ2n) is 6.79. The molecule has 0 bridgehead atoms. The normalized spacial score (nSPS) is 20.8. The number of nitrogens with zero attached hydrogens (tertiary/aromatic N) is 1. The van der Waals surface area contributed by atoms with Gasteiger partial charge in [0.1, 0.15) is 0 Å². The van der Waals surface area contributed by atoms with Gasteiger partial charge in [0.05, 0.1) is 12.0 Å². The number of urea groups is 1. The highest BCUT2D eigenvalue weighted by Gasteiger charge is 2.44. The third-order valence-corrected chi connectivity index (χ3v) is 4.37. The number of carbonyl (C=O) groups is 2. The van der Waals surface area contributed by atoms with Crippen molar-refractivity contribution in [1.82, 2.24) is 10.2 Å². The van der Waals surface area contributed by atoms with Crippen LogP contribution in [0.1, 0.15) is 39.2 Å². The Morgan fingerprint density at radius 2 is 2.00 bits per heavy atom. The Kier molecular flexibility index (Phi) is 6.23. The summed E-state index contributed by atoms with van der Waals surface area (Å²) in [5.74, 6) is -0.198. The van der Waals surface area contributed by atoms with Crippen molar-refractivity contribution in [3.63, 3.8) is 0 Å². The average molecular weight is 332 g/mol. The summed E-state index contributed by atoms with van der Waals surface area (Å²) < 4.78 is 5.37. The largest absolute Gasteiger partial charge is 0.466 e. The van der Waals surface area contributed by atoms with E-state index in [-0.39, 0.29) is 18.0 Å². The lowest BCUT2D eigenvalue weighted by molar-refractivity contribution is -0.158. The highest BCUT2D eigenvalue weighted by atomic mass is 16.5. The van der Waals surface area contributed by atoms with Crippen molar-refractivity contribution in [3.05, 3.63) is 35.9 Å². The van der Waals surface area contributed by atoms with E-state index in [1.807, 2.05) is 51.1 Å². The van der Waals surface area contributed by atoms with Crippen LogP contribution < -0.4 is 5.32 Å². The molecule has 5 heteroatoms. The van der Waals surface area contributed by atoms with Crippen molar-refractivity contribution in [1.29, 1.82) is 0 Å². The first-order valence-electron chi connectivity index (χ1n) is 8.73. The van der Waals surface area contributed by atoms with E-state index in [1.165, 1.54) is 0 Å². The predicted octanol–water partition coefficient (Wildman–Crippen LogP) is 2.99. The van der Waals surface area contributed by atoms with Crippen LogP contribution in [0, 0.1) is 5.41 Å². The fraction of sp³-hybridized carbons (Fsp3) is 0.579. The smallest absolute Gasteiger partial charge is 0.317 e. The summed E-state index contributed by atoms with van der Waals surface area (Å²) in [6.07, 6.45) is 2.14. The Morgan fingerprint density at radius 3 is 2.62 bits per heavy atom. The molecule has 0 radical (unpaired) electrons. The fourth-order valence-corrected chi connectivity index (χ4v) is 3.30. The maximum absolute atomic E-state index is 12.7. The lowest BCUT2D eigenvalue weighted by Gasteiger charge is -2.41. The second kappa shape index (κ2) is 8.18. The molecule has 1 aromatic rings. The number of benzene rings is 1. The minimum absolute atomic E-state index is 0.0746. The molecule has 1 aliphatic rings. The monoisotopic (exact) mass is 332 g/mol. The van der Waals surface area contributed by atoms with Crippen LogP contribution in [-0.2, 0) is 16.0 Å². The number of carbonyl (C=O) groups excluding carboxylic acids is 2. The number of rotatable bonds is 5. The van der Waals surface area contributed by atoms with Gasteiger partial charge in [-0.05, 0) is 45.6 Å². The van der Waals surface area contributed by atoms with E-state index in [1.54, 1.807) is 4.90 Å². The van der Waals surface area contributed by atoms with Gasteiger partial charge in [0.15, 0.2) is 0 Å². The Labute approximate surface area is 144 Å². The molecule has 1 heterocycles. The van der Waals surface area contributed by atoms with E-state index >= 15 is 0 Å². The number of piperidine rings is 1. The van der Waals surface area contributed by atoms with Crippen molar-refractivity contribution in [2.75, 3.05) is 19.7 Å². The Bertz CT molecular complexity index is 559. The number of esters is 1. The number of ether oxygens (including phenoxy) is 1. The highest BCUT2D eigenvalue weighted by Crippen LogP contribution is 2.35. The number of nitrogens with one attached hydrogen (secondary N) is 1. The van der Waals surface area contributed by atoms with E-state index in [2.05, 4.69) is 5.32 Å². The molecule has 0 spiro atoms. The molecule has 1 N–H and O–H groups in total. The van der Waals surface area contributed by atoms with Crippen LogP contribution in [0.3, 0.4) is 0 Å². The van der Waals surface area contributed by atoms with Crippen LogP contribution in [0.5, 0.6) is 0 Å². The molecule has 1 unspecified atom stereocenters. The first-order valence-corrected chi connectivity index (χ1v) is 8.73. The molecule has 2 amide bonds. The van der Waals surface area contributed by atoms with Crippen molar-refractivity contribution in [2.24, 2.45) is 5.41 Å². The summed E-state index contributed by atoms with van der Waals surface area (Å²) in [7, 11) is 0. The molecule has 132 valence electrons. The molecule has 2 rings (SSSR count). The summed E-state index contributed by atoms with van der Waals surface area (Å²) in [5.41, 5.74) is 0.431. The molecule has 1 fully saturated rings. The Balaban J connectivity index is 2.21. The van der Waals surface area contributed by atoms with Gasteiger partial charge in [0.2, 0.25) is 0 Å². The molecule has 0 aromatic heterocycles. The van der Waals surface area contributed by atoms with Gasteiger partial charge in [-0.25, -0.2) is 4.79 Å². The topological polar surface area (TPSA) is 58.6 Å². The van der Waals surface area contributed by atoms with Crippen LogP contribution in [0.2, 0.25) is 0 Å². The lowest BCUT2D eigenvalue weighted by Crippen LogP contribution is -2.54. The maximum Gasteiger partial charge on any atom is 0.317 e. The quantitative estimate of drug-likeness (QED) is 0.843. The third kappa shape index (κ3) is 4.49. The molecule has 24 heavy (non-hydrogen) atoms. The molecule has 0 aliphatic carbocycles. The minimum atomic E-state index is -0.663. The Hall–Kier alpha value is -2.04. The van der Waals surface area contributed by atoms with Gasteiger partial charge in [-0.3, -0.25) is 4.79 Å². The standard InChI is InChI=1S/C19H28N2O3/c1-4-24-17(22)19(13-16-9-6-5-7-10-16)11-8-12-21(14-19)18(23)20-15(2)3/h5-7,9-10,15H,4,8,11-14H2,1-3H3,(H,20,23). The molecule has 1 aliphatic heterocycles. The highest BCUT2D eigenvalue weighted by molar-refractivity contribution is 5.80. The van der Waals surface area contributed by atoms with E-state index in [0.717, 1.165) is 18.4 Å². The zero-order valence-electron chi connectivity index (χ0n) is 14.9. The molecule has 1 saturated heterocycles. The zero-order valence-corrected chi connectivity index (χ0v) is 14.9. The summed E-state index contributed by atoms with van der Waals surface area (Å²) in [6, 6.07) is 9.92. The number of hydrogen-bond donors (Lipinski definition) is 1. The van der Waals surface area contributed by atoms with Crippen molar-refractivity contribution < 1.29 is 14.3 Å². The van der Waals surface area contributed by atoms with Crippen LogP contribution >= 0.6 is 0 Å². The van der Waals surface area contributed by atoms with Crippen molar-refractivity contribution in [2.45, 2.75) is 46.1 Å². The maximum atomic E-state index is 12.7. The van der Waals surface area contributed by atoms with Gasteiger partial charge < -0.3 is 15.0 Å². The van der Waals surface area contributed by atoms with Gasteiger partial charge in [-0.2, -0.15) is 0 Å². The number of hydrogen-bond acceptors (Lipinski definition) is 3. The zero-order chi connectivity index (χ0) is 17.6. The number of likely N-dealkylation sites (tertiary alicyclic amines) is 1. The van der Waals surface area contributed by atoms with Crippen LogP contribution in [-0.4, -0.2) is 42.6 Å². The van der Waals surface area contributed by atoms with Gasteiger partial charge in [0.25, 0.3) is 0 Å². The SMILES string of the molecule is CCOC(=O)C1(Cc2ccccc2)CCCN(C(=O)NC(C)C)C1. The van der Waals surface area contributed by atoms with Crippen LogP contribution in [0.15, 0.2) is 30.3 Å². The summed E-state index contributed by atoms with van der Waals surface area (Å²) >= 11 is 0. The van der Waals surface area contributed by atoms with E-state index in [4.69, 9.17) is 4.74 Å². The van der Waals surface area contributed by atoms with Crippen LogP contribution in [0.4, 0.5) is 4.79 Å². The van der Waals surface area contributed by atoms with Crippen molar-refractivity contribution >= 4 is 12.0 Å². The number of amides is 2.